The third kappa shape index (κ3) is 5.20. The molecule has 0 radical (unpaired) electrons. The van der Waals surface area contributed by atoms with Gasteiger partial charge in [0.2, 0.25) is 14.9 Å². The summed E-state index contributed by atoms with van der Waals surface area (Å²) in [6, 6.07) is 13.3. The Morgan fingerprint density at radius 3 is 2.33 bits per heavy atom. The van der Waals surface area contributed by atoms with Gasteiger partial charge in [0.05, 0.1) is 16.4 Å². The molecule has 11 heteroatoms. The Morgan fingerprint density at radius 1 is 1.06 bits per heavy atom. The largest absolute Gasteiger partial charge is 0.439 e. The first kappa shape index (κ1) is 23.7. The Kier molecular flexibility index (Phi) is 6.47. The maximum Gasteiger partial charge on any atom is 0.290 e. The smallest absolute Gasteiger partial charge is 0.290 e. The van der Waals surface area contributed by atoms with Gasteiger partial charge in [0.25, 0.3) is 5.91 Å². The van der Waals surface area contributed by atoms with Gasteiger partial charge in [-0.2, -0.15) is 0 Å². The van der Waals surface area contributed by atoms with E-state index in [-0.39, 0.29) is 35.1 Å². The lowest BCUT2D eigenvalue weighted by Crippen LogP contribution is -2.40. The summed E-state index contributed by atoms with van der Waals surface area (Å²) < 4.78 is 69.2. The fourth-order valence-electron chi connectivity index (χ4n) is 3.63. The number of nitrogens with zero attached hydrogens (tertiary/aromatic N) is 1. The van der Waals surface area contributed by atoms with Crippen LogP contribution in [0.15, 0.2) is 79.5 Å². The highest BCUT2D eigenvalue weighted by atomic mass is 79.9. The van der Waals surface area contributed by atoms with Crippen LogP contribution in [0.1, 0.15) is 22.5 Å². The number of sulfone groups is 2. The van der Waals surface area contributed by atoms with Gasteiger partial charge in [-0.1, -0.05) is 28.1 Å². The normalized spacial score (nSPS) is 17.7. The molecule has 1 amide bonds. The molecule has 0 spiro atoms. The molecule has 174 valence electrons. The van der Waals surface area contributed by atoms with Gasteiger partial charge in [0, 0.05) is 17.1 Å². The average molecular weight is 556 g/mol. The van der Waals surface area contributed by atoms with Gasteiger partial charge in [0.15, 0.2) is 15.6 Å². The predicted molar refractivity (Wildman–Crippen MR) is 122 cm³/mol. The van der Waals surface area contributed by atoms with E-state index in [4.69, 9.17) is 4.42 Å². The lowest BCUT2D eigenvalue weighted by Gasteiger charge is -2.27. The van der Waals surface area contributed by atoms with Crippen molar-refractivity contribution in [3.63, 3.8) is 0 Å². The number of rotatable bonds is 6. The van der Waals surface area contributed by atoms with Crippen LogP contribution in [-0.4, -0.2) is 45.2 Å². The average Bonchev–Trinajstić information content (AvgIpc) is 3.40. The number of hydrogen-bond donors (Lipinski definition) is 0. The van der Waals surface area contributed by atoms with Crippen LogP contribution in [0.5, 0.6) is 0 Å². The molecule has 33 heavy (non-hydrogen) atoms. The van der Waals surface area contributed by atoms with E-state index in [1.165, 1.54) is 53.4 Å². The van der Waals surface area contributed by atoms with E-state index in [0.717, 1.165) is 0 Å². The van der Waals surface area contributed by atoms with E-state index < -0.39 is 42.5 Å². The first-order chi connectivity index (χ1) is 15.5. The second-order valence-electron chi connectivity index (χ2n) is 7.69. The van der Waals surface area contributed by atoms with Crippen molar-refractivity contribution in [1.82, 2.24) is 4.90 Å². The molecule has 2 heterocycles. The van der Waals surface area contributed by atoms with Crippen molar-refractivity contribution in [3.8, 4) is 0 Å². The number of carbonyl (C=O) groups excluding carboxylic acids is 1. The predicted octanol–water partition coefficient (Wildman–Crippen LogP) is 3.84. The van der Waals surface area contributed by atoms with Crippen molar-refractivity contribution in [2.75, 3.05) is 11.5 Å². The molecule has 0 bridgehead atoms. The Balaban J connectivity index is 1.64. The second kappa shape index (κ2) is 9.03. The van der Waals surface area contributed by atoms with E-state index in [1.54, 1.807) is 12.1 Å². The van der Waals surface area contributed by atoms with Crippen LogP contribution < -0.4 is 0 Å². The molecule has 3 aromatic rings. The van der Waals surface area contributed by atoms with Gasteiger partial charge in [-0.15, -0.1) is 0 Å². The summed E-state index contributed by atoms with van der Waals surface area (Å²) in [5.41, 5.74) is 0.600. The molecule has 0 N–H and O–H groups in total. The molecule has 1 unspecified atom stereocenters. The van der Waals surface area contributed by atoms with E-state index in [1.807, 2.05) is 0 Å². The zero-order chi connectivity index (χ0) is 23.8. The molecule has 1 atom stereocenters. The van der Waals surface area contributed by atoms with E-state index in [9.17, 15) is 26.0 Å². The second-order valence-corrected chi connectivity index (χ2v) is 12.7. The van der Waals surface area contributed by atoms with Crippen molar-refractivity contribution in [3.05, 3.63) is 82.3 Å². The molecule has 2 aromatic carbocycles. The summed E-state index contributed by atoms with van der Waals surface area (Å²) in [4.78, 5) is 14.6. The van der Waals surface area contributed by atoms with Gasteiger partial charge < -0.3 is 9.32 Å². The number of carbonyl (C=O) groups is 1. The Morgan fingerprint density at radius 2 is 1.73 bits per heavy atom. The van der Waals surface area contributed by atoms with Crippen LogP contribution >= 0.6 is 15.9 Å². The Bertz CT molecular complexity index is 1380. The van der Waals surface area contributed by atoms with E-state index in [2.05, 4.69) is 15.9 Å². The zero-order valence-corrected chi connectivity index (χ0v) is 20.4. The SMILES string of the molecule is O=C(c1ccc(S(=O)(=O)c2ccc(Br)cc2)o1)N(Cc1ccc(F)cc1)C1CCS(=O)(=O)C1. The fraction of sp³-hybridized carbons (Fsp3) is 0.227. The number of hydrogen-bond acceptors (Lipinski definition) is 6. The quantitative estimate of drug-likeness (QED) is 0.458. The minimum absolute atomic E-state index is 0.00380. The van der Waals surface area contributed by atoms with E-state index >= 15 is 0 Å². The van der Waals surface area contributed by atoms with Crippen LogP contribution in [0.2, 0.25) is 0 Å². The molecule has 1 saturated heterocycles. The highest BCUT2D eigenvalue weighted by Crippen LogP contribution is 2.27. The summed E-state index contributed by atoms with van der Waals surface area (Å²) in [7, 11) is -7.29. The van der Waals surface area contributed by atoms with Gasteiger partial charge >= 0.3 is 0 Å². The highest BCUT2D eigenvalue weighted by molar-refractivity contribution is 9.10. The lowest BCUT2D eigenvalue weighted by molar-refractivity contribution is 0.0642. The van der Waals surface area contributed by atoms with Gasteiger partial charge in [-0.25, -0.2) is 21.2 Å². The molecule has 1 aromatic heterocycles. The number of halogens is 2. The molecule has 1 aliphatic rings. The maximum atomic E-state index is 13.3. The monoisotopic (exact) mass is 555 g/mol. The molecule has 1 fully saturated rings. The molecular formula is C22H19BrFNO6S2. The minimum Gasteiger partial charge on any atom is -0.439 e. The first-order valence-corrected chi connectivity index (χ1v) is 14.0. The maximum absolute atomic E-state index is 13.3. The minimum atomic E-state index is -3.99. The molecule has 0 saturated carbocycles. The topological polar surface area (TPSA) is 102 Å². The van der Waals surface area contributed by atoms with E-state index in [0.29, 0.717) is 10.0 Å². The molecule has 7 nitrogen and oxygen atoms in total. The van der Waals surface area contributed by atoms with Crippen LogP contribution in [0.3, 0.4) is 0 Å². The molecule has 0 aliphatic carbocycles. The molecular weight excluding hydrogens is 537 g/mol. The van der Waals surface area contributed by atoms with Crippen molar-refractivity contribution < 1.29 is 30.4 Å². The molecule has 1 aliphatic heterocycles. The first-order valence-electron chi connectivity index (χ1n) is 9.91. The van der Waals surface area contributed by atoms with Gasteiger partial charge in [-0.05, 0) is 60.5 Å². The van der Waals surface area contributed by atoms with Crippen LogP contribution in [0, 0.1) is 5.82 Å². The summed E-state index contributed by atoms with van der Waals surface area (Å²) in [6.07, 6.45) is 0.250. The fourth-order valence-corrected chi connectivity index (χ4v) is 6.79. The summed E-state index contributed by atoms with van der Waals surface area (Å²) in [5.74, 6) is -1.55. The third-order valence-corrected chi connectivity index (χ3v) is 9.28. The Labute approximate surface area is 199 Å². The van der Waals surface area contributed by atoms with Crippen molar-refractivity contribution in [1.29, 1.82) is 0 Å². The number of furan rings is 1. The standard InChI is InChI=1S/C22H19BrFNO6S2/c23-16-3-7-19(8-4-16)33(29,30)21-10-9-20(31-21)22(26)25(18-11-12-32(27,28)14-18)13-15-1-5-17(24)6-2-15/h1-10,18H,11-14H2. The lowest BCUT2D eigenvalue weighted by atomic mass is 10.1. The van der Waals surface area contributed by atoms with Crippen molar-refractivity contribution in [2.45, 2.75) is 29.0 Å². The van der Waals surface area contributed by atoms with Crippen LogP contribution in [-0.2, 0) is 26.2 Å². The summed E-state index contributed by atoms with van der Waals surface area (Å²) >= 11 is 3.25. The summed E-state index contributed by atoms with van der Waals surface area (Å²) in [6.45, 7) is 0.0226. The van der Waals surface area contributed by atoms with Crippen LogP contribution in [0.25, 0.3) is 0 Å². The van der Waals surface area contributed by atoms with Crippen molar-refractivity contribution in [2.24, 2.45) is 0 Å². The van der Waals surface area contributed by atoms with Crippen molar-refractivity contribution >= 4 is 41.5 Å². The van der Waals surface area contributed by atoms with Gasteiger partial charge in [0.1, 0.15) is 5.82 Å². The number of benzene rings is 2. The molecule has 4 rings (SSSR count). The van der Waals surface area contributed by atoms with Gasteiger partial charge in [-0.3, -0.25) is 4.79 Å². The van der Waals surface area contributed by atoms with Crippen LogP contribution in [0.4, 0.5) is 4.39 Å². The zero-order valence-electron chi connectivity index (χ0n) is 17.1. The number of amides is 1. The Hall–Kier alpha value is -2.50. The summed E-state index contributed by atoms with van der Waals surface area (Å²) in [5, 5.41) is -0.394. The highest BCUT2D eigenvalue weighted by Gasteiger charge is 2.36. The third-order valence-electron chi connectivity index (χ3n) is 5.36.